The fraction of sp³-hybridized carbons (Fsp3) is 0.619. The first-order valence-electron chi connectivity index (χ1n) is 10.2. The van der Waals surface area contributed by atoms with Crippen molar-refractivity contribution in [2.24, 2.45) is 0 Å². The van der Waals surface area contributed by atoms with Crippen LogP contribution >= 0.6 is 0 Å². The Morgan fingerprint density at radius 1 is 0.964 bits per heavy atom. The average molecular weight is 391 g/mol. The maximum absolute atomic E-state index is 12.2. The Morgan fingerprint density at radius 2 is 1.54 bits per heavy atom. The van der Waals surface area contributed by atoms with Gasteiger partial charge in [0.15, 0.2) is 0 Å². The van der Waals surface area contributed by atoms with E-state index < -0.39 is 0 Å². The zero-order valence-corrected chi connectivity index (χ0v) is 17.2. The molecular weight excluding hydrogens is 356 g/mol. The molecule has 0 aromatic heterocycles. The molecule has 1 aliphatic heterocycles. The highest BCUT2D eigenvalue weighted by atomic mass is 16.5. The van der Waals surface area contributed by atoms with Gasteiger partial charge in [-0.05, 0) is 24.5 Å². The van der Waals surface area contributed by atoms with Crippen LogP contribution in [0.15, 0.2) is 24.3 Å². The number of unbranched alkanes of at least 4 members (excludes halogenated alkanes) is 1. The summed E-state index contributed by atoms with van der Waals surface area (Å²) in [6.07, 6.45) is 2.85. The second-order valence-electron chi connectivity index (χ2n) is 7.17. The molecule has 2 amide bonds. The van der Waals surface area contributed by atoms with Crippen LogP contribution in [-0.2, 0) is 16.0 Å². The molecule has 1 aromatic carbocycles. The smallest absolute Gasteiger partial charge is 0.234 e. The number of carbonyl (C=O) groups excluding carboxylic acids is 2. The molecule has 2 N–H and O–H groups in total. The molecule has 0 saturated carbocycles. The number of rotatable bonds is 11. The number of piperazine rings is 1. The molecule has 0 spiro atoms. The summed E-state index contributed by atoms with van der Waals surface area (Å²) in [6.45, 7) is 7.56. The molecule has 0 atom stereocenters. The van der Waals surface area contributed by atoms with Gasteiger partial charge in [0.1, 0.15) is 5.75 Å². The highest BCUT2D eigenvalue weighted by Gasteiger charge is 2.20. The number of amides is 2. The normalized spacial score (nSPS) is 15.2. The van der Waals surface area contributed by atoms with Crippen LogP contribution in [-0.4, -0.2) is 81.1 Å². The van der Waals surface area contributed by atoms with Crippen LogP contribution in [0, 0.1) is 0 Å². The SMILES string of the molecule is CCCCNC(=O)CN1CCN(CC(=O)NCCc2ccccc2OC)CC1. The first-order valence-corrected chi connectivity index (χ1v) is 10.2. The topological polar surface area (TPSA) is 73.9 Å². The Kier molecular flexibility index (Phi) is 9.79. The number of hydrogen-bond acceptors (Lipinski definition) is 5. The maximum Gasteiger partial charge on any atom is 0.234 e. The second kappa shape index (κ2) is 12.4. The van der Waals surface area contributed by atoms with Gasteiger partial charge in [-0.15, -0.1) is 0 Å². The third kappa shape index (κ3) is 7.86. The van der Waals surface area contributed by atoms with Crippen molar-refractivity contribution in [3.8, 4) is 5.75 Å². The molecule has 0 radical (unpaired) electrons. The number of nitrogens with zero attached hydrogens (tertiary/aromatic N) is 2. The lowest BCUT2D eigenvalue weighted by Crippen LogP contribution is -2.51. The van der Waals surface area contributed by atoms with Gasteiger partial charge in [0, 0.05) is 39.3 Å². The Morgan fingerprint density at radius 3 is 2.11 bits per heavy atom. The van der Waals surface area contributed by atoms with E-state index in [-0.39, 0.29) is 11.8 Å². The van der Waals surface area contributed by atoms with Crippen LogP contribution in [0.2, 0.25) is 0 Å². The lowest BCUT2D eigenvalue weighted by Gasteiger charge is -2.33. The molecule has 7 heteroatoms. The lowest BCUT2D eigenvalue weighted by atomic mass is 10.1. The molecule has 0 aliphatic carbocycles. The number of methoxy groups -OCH3 is 1. The first-order chi connectivity index (χ1) is 13.6. The van der Waals surface area contributed by atoms with Crippen molar-refractivity contribution in [1.82, 2.24) is 20.4 Å². The van der Waals surface area contributed by atoms with Gasteiger partial charge in [0.2, 0.25) is 11.8 Å². The predicted molar refractivity (Wildman–Crippen MR) is 111 cm³/mol. The van der Waals surface area contributed by atoms with Crippen LogP contribution in [0.1, 0.15) is 25.3 Å². The van der Waals surface area contributed by atoms with E-state index in [9.17, 15) is 9.59 Å². The number of para-hydroxylation sites is 1. The van der Waals surface area contributed by atoms with Crippen molar-refractivity contribution < 1.29 is 14.3 Å². The third-order valence-electron chi connectivity index (χ3n) is 4.96. The Balaban J connectivity index is 1.60. The summed E-state index contributed by atoms with van der Waals surface area (Å²) < 4.78 is 5.34. The van der Waals surface area contributed by atoms with E-state index in [1.165, 1.54) is 0 Å². The largest absolute Gasteiger partial charge is 0.496 e. The number of nitrogens with one attached hydrogen (secondary N) is 2. The molecule has 1 aromatic rings. The summed E-state index contributed by atoms with van der Waals surface area (Å²) in [5.74, 6) is 0.989. The molecular formula is C21H34N4O3. The van der Waals surface area contributed by atoms with E-state index in [0.717, 1.165) is 63.3 Å². The van der Waals surface area contributed by atoms with E-state index in [1.807, 2.05) is 24.3 Å². The summed E-state index contributed by atoms with van der Waals surface area (Å²) >= 11 is 0. The fourth-order valence-electron chi connectivity index (χ4n) is 3.27. The average Bonchev–Trinajstić information content (AvgIpc) is 2.70. The molecule has 7 nitrogen and oxygen atoms in total. The van der Waals surface area contributed by atoms with Gasteiger partial charge in [0.25, 0.3) is 0 Å². The molecule has 156 valence electrons. The van der Waals surface area contributed by atoms with Crippen LogP contribution in [0.5, 0.6) is 5.75 Å². The van der Waals surface area contributed by atoms with Crippen LogP contribution in [0.3, 0.4) is 0 Å². The van der Waals surface area contributed by atoms with Crippen LogP contribution in [0.4, 0.5) is 0 Å². The predicted octanol–water partition coefficient (Wildman–Crippen LogP) is 0.888. The van der Waals surface area contributed by atoms with Crippen LogP contribution < -0.4 is 15.4 Å². The van der Waals surface area contributed by atoms with Gasteiger partial charge in [-0.1, -0.05) is 31.5 Å². The molecule has 1 fully saturated rings. The molecule has 28 heavy (non-hydrogen) atoms. The maximum atomic E-state index is 12.2. The summed E-state index contributed by atoms with van der Waals surface area (Å²) in [7, 11) is 1.66. The van der Waals surface area contributed by atoms with Gasteiger partial charge in [-0.2, -0.15) is 0 Å². The quantitative estimate of drug-likeness (QED) is 0.549. The van der Waals surface area contributed by atoms with Crippen molar-refractivity contribution in [2.75, 3.05) is 59.5 Å². The zero-order valence-electron chi connectivity index (χ0n) is 17.2. The Bertz CT molecular complexity index is 615. The molecule has 1 saturated heterocycles. The highest BCUT2D eigenvalue weighted by molar-refractivity contribution is 5.78. The molecule has 1 heterocycles. The lowest BCUT2D eigenvalue weighted by molar-refractivity contribution is -0.125. The van der Waals surface area contributed by atoms with Gasteiger partial charge >= 0.3 is 0 Å². The van der Waals surface area contributed by atoms with Crippen molar-refractivity contribution in [2.45, 2.75) is 26.2 Å². The highest BCUT2D eigenvalue weighted by Crippen LogP contribution is 2.17. The number of hydrogen-bond donors (Lipinski definition) is 2. The second-order valence-corrected chi connectivity index (χ2v) is 7.17. The zero-order chi connectivity index (χ0) is 20.2. The summed E-state index contributed by atoms with van der Waals surface area (Å²) in [4.78, 5) is 28.4. The minimum absolute atomic E-state index is 0.0423. The minimum atomic E-state index is 0.0423. The van der Waals surface area contributed by atoms with Gasteiger partial charge in [-0.3, -0.25) is 19.4 Å². The number of benzene rings is 1. The Labute approximate surface area is 168 Å². The fourth-order valence-corrected chi connectivity index (χ4v) is 3.27. The summed E-state index contributed by atoms with van der Waals surface area (Å²) in [6, 6.07) is 7.86. The van der Waals surface area contributed by atoms with Gasteiger partial charge in [0.05, 0.1) is 20.2 Å². The van der Waals surface area contributed by atoms with Crippen molar-refractivity contribution in [3.05, 3.63) is 29.8 Å². The Hall–Kier alpha value is -2.12. The summed E-state index contributed by atoms with van der Waals surface area (Å²) in [5, 5.41) is 5.94. The third-order valence-corrected chi connectivity index (χ3v) is 4.96. The number of carbonyl (C=O) groups is 2. The van der Waals surface area contributed by atoms with E-state index in [1.54, 1.807) is 7.11 Å². The molecule has 0 unspecified atom stereocenters. The monoisotopic (exact) mass is 390 g/mol. The van der Waals surface area contributed by atoms with Crippen molar-refractivity contribution in [3.63, 3.8) is 0 Å². The van der Waals surface area contributed by atoms with E-state index in [2.05, 4.69) is 27.4 Å². The first kappa shape index (κ1) is 22.2. The van der Waals surface area contributed by atoms with Crippen molar-refractivity contribution >= 4 is 11.8 Å². The molecule has 0 bridgehead atoms. The molecule has 2 rings (SSSR count). The van der Waals surface area contributed by atoms with Gasteiger partial charge in [-0.25, -0.2) is 0 Å². The number of ether oxygens (including phenoxy) is 1. The van der Waals surface area contributed by atoms with Crippen molar-refractivity contribution in [1.29, 1.82) is 0 Å². The van der Waals surface area contributed by atoms with Gasteiger partial charge < -0.3 is 15.4 Å². The minimum Gasteiger partial charge on any atom is -0.496 e. The van der Waals surface area contributed by atoms with E-state index in [4.69, 9.17) is 4.74 Å². The molecule has 1 aliphatic rings. The van der Waals surface area contributed by atoms with Crippen LogP contribution in [0.25, 0.3) is 0 Å². The summed E-state index contributed by atoms with van der Waals surface area (Å²) in [5.41, 5.74) is 1.09. The van der Waals surface area contributed by atoms with E-state index >= 15 is 0 Å². The standard InChI is InChI=1S/C21H34N4O3/c1-3-4-10-22-20(26)16-24-12-14-25(15-13-24)17-21(27)23-11-9-18-7-5-6-8-19(18)28-2/h5-8H,3-4,9-17H2,1-2H3,(H,22,26)(H,23,27). The van der Waals surface area contributed by atoms with E-state index in [0.29, 0.717) is 19.6 Å².